The van der Waals surface area contributed by atoms with Crippen LogP contribution in [0.25, 0.3) is 0 Å². The van der Waals surface area contributed by atoms with Gasteiger partial charge in [0.1, 0.15) is 5.82 Å². The number of benzene rings is 1. The van der Waals surface area contributed by atoms with Crippen LogP contribution in [0.15, 0.2) is 34.9 Å². The summed E-state index contributed by atoms with van der Waals surface area (Å²) in [6.07, 6.45) is 0. The predicted molar refractivity (Wildman–Crippen MR) is 81.6 cm³/mol. The summed E-state index contributed by atoms with van der Waals surface area (Å²) in [6, 6.07) is 8.60. The molecular formula is C16H22FN3O. The fourth-order valence-corrected chi connectivity index (χ4v) is 2.08. The number of hydrogen-bond donors (Lipinski definition) is 1. The van der Waals surface area contributed by atoms with E-state index in [4.69, 9.17) is 4.52 Å². The predicted octanol–water partition coefficient (Wildman–Crippen LogP) is 3.20. The van der Waals surface area contributed by atoms with Crippen LogP contribution >= 0.6 is 0 Å². The Morgan fingerprint density at radius 2 is 2.10 bits per heavy atom. The number of nitrogens with one attached hydrogen (secondary N) is 1. The molecule has 0 amide bonds. The number of hydrogen-bond acceptors (Lipinski definition) is 4. The van der Waals surface area contributed by atoms with Crippen LogP contribution in [-0.2, 0) is 13.1 Å². The number of anilines is 1. The molecule has 1 aromatic carbocycles. The molecule has 0 aliphatic carbocycles. The molecule has 1 heterocycles. The van der Waals surface area contributed by atoms with Crippen molar-refractivity contribution in [3.63, 3.8) is 0 Å². The fraction of sp³-hybridized carbons (Fsp3) is 0.438. The average molecular weight is 291 g/mol. The molecule has 2 rings (SSSR count). The molecule has 114 valence electrons. The van der Waals surface area contributed by atoms with Crippen molar-refractivity contribution in [3.8, 4) is 0 Å². The second-order valence-corrected chi connectivity index (χ2v) is 5.62. The molecule has 1 N–H and O–H groups in total. The molecule has 0 aliphatic rings. The standard InChI is InChI=1S/C16H22FN3O/c1-12(2)9-18-10-13-8-14(21-19-13)11-20(3)16-7-5-4-6-15(16)17/h4-8,12,18H,9-11H2,1-3H3. The Morgan fingerprint density at radius 1 is 1.33 bits per heavy atom. The van der Waals surface area contributed by atoms with Crippen LogP contribution in [0.3, 0.4) is 0 Å². The first-order valence-corrected chi connectivity index (χ1v) is 7.17. The van der Waals surface area contributed by atoms with E-state index in [0.29, 0.717) is 24.7 Å². The Labute approximate surface area is 124 Å². The van der Waals surface area contributed by atoms with E-state index in [2.05, 4.69) is 24.3 Å². The van der Waals surface area contributed by atoms with Gasteiger partial charge in [-0.2, -0.15) is 0 Å². The van der Waals surface area contributed by atoms with Gasteiger partial charge in [-0.25, -0.2) is 4.39 Å². The summed E-state index contributed by atoms with van der Waals surface area (Å²) < 4.78 is 19.0. The lowest BCUT2D eigenvalue weighted by Gasteiger charge is -2.17. The van der Waals surface area contributed by atoms with E-state index in [0.717, 1.165) is 18.0 Å². The van der Waals surface area contributed by atoms with Gasteiger partial charge in [0.2, 0.25) is 0 Å². The lowest BCUT2D eigenvalue weighted by molar-refractivity contribution is 0.374. The Morgan fingerprint density at radius 3 is 2.81 bits per heavy atom. The summed E-state index contributed by atoms with van der Waals surface area (Å²) in [6.45, 7) is 6.43. The molecule has 5 heteroatoms. The third-order valence-electron chi connectivity index (χ3n) is 3.12. The Kier molecular flexibility index (Phi) is 5.33. The van der Waals surface area contributed by atoms with Crippen LogP contribution in [0.5, 0.6) is 0 Å². The molecule has 0 saturated heterocycles. The van der Waals surface area contributed by atoms with Crippen LogP contribution in [0, 0.1) is 11.7 Å². The zero-order chi connectivity index (χ0) is 15.2. The van der Waals surface area contributed by atoms with Crippen molar-refractivity contribution in [2.45, 2.75) is 26.9 Å². The van der Waals surface area contributed by atoms with E-state index in [1.807, 2.05) is 19.2 Å². The molecule has 0 spiro atoms. The van der Waals surface area contributed by atoms with Crippen molar-refractivity contribution in [2.24, 2.45) is 5.92 Å². The normalized spacial score (nSPS) is 11.1. The summed E-state index contributed by atoms with van der Waals surface area (Å²) in [4.78, 5) is 1.81. The van der Waals surface area contributed by atoms with Gasteiger partial charge in [-0.1, -0.05) is 31.1 Å². The number of para-hydroxylation sites is 1. The average Bonchev–Trinajstić information content (AvgIpc) is 2.86. The smallest absolute Gasteiger partial charge is 0.156 e. The highest BCUT2D eigenvalue weighted by molar-refractivity contribution is 5.46. The number of aromatic nitrogens is 1. The van der Waals surface area contributed by atoms with Crippen LogP contribution < -0.4 is 10.2 Å². The van der Waals surface area contributed by atoms with Gasteiger partial charge in [-0.3, -0.25) is 0 Å². The van der Waals surface area contributed by atoms with Crippen LogP contribution in [-0.4, -0.2) is 18.7 Å². The van der Waals surface area contributed by atoms with Crippen molar-refractivity contribution in [3.05, 3.63) is 47.6 Å². The monoisotopic (exact) mass is 291 g/mol. The van der Waals surface area contributed by atoms with Gasteiger partial charge in [0, 0.05) is 19.7 Å². The molecule has 4 nitrogen and oxygen atoms in total. The van der Waals surface area contributed by atoms with E-state index < -0.39 is 0 Å². The fourth-order valence-electron chi connectivity index (χ4n) is 2.08. The first kappa shape index (κ1) is 15.5. The summed E-state index contributed by atoms with van der Waals surface area (Å²) in [5, 5.41) is 7.34. The van der Waals surface area contributed by atoms with E-state index in [1.165, 1.54) is 6.07 Å². The second kappa shape index (κ2) is 7.22. The summed E-state index contributed by atoms with van der Waals surface area (Å²) in [7, 11) is 1.83. The molecular weight excluding hydrogens is 269 g/mol. The zero-order valence-corrected chi connectivity index (χ0v) is 12.8. The highest BCUT2D eigenvalue weighted by Crippen LogP contribution is 2.19. The molecule has 21 heavy (non-hydrogen) atoms. The van der Waals surface area contributed by atoms with Gasteiger partial charge in [0.05, 0.1) is 17.9 Å². The van der Waals surface area contributed by atoms with Crippen molar-refractivity contribution in [2.75, 3.05) is 18.5 Å². The Bertz CT molecular complexity index is 568. The van der Waals surface area contributed by atoms with E-state index in [1.54, 1.807) is 17.0 Å². The first-order chi connectivity index (χ1) is 10.1. The number of rotatable bonds is 7. The van der Waals surface area contributed by atoms with Crippen molar-refractivity contribution >= 4 is 5.69 Å². The van der Waals surface area contributed by atoms with E-state index in [-0.39, 0.29) is 5.82 Å². The molecule has 0 aliphatic heterocycles. The summed E-state index contributed by atoms with van der Waals surface area (Å²) in [5.74, 6) is 1.09. The quantitative estimate of drug-likeness (QED) is 0.850. The van der Waals surface area contributed by atoms with Gasteiger partial charge < -0.3 is 14.7 Å². The molecule has 0 saturated carbocycles. The van der Waals surface area contributed by atoms with Crippen molar-refractivity contribution in [1.29, 1.82) is 0 Å². The third kappa shape index (κ3) is 4.56. The highest BCUT2D eigenvalue weighted by Gasteiger charge is 2.11. The minimum absolute atomic E-state index is 0.238. The lowest BCUT2D eigenvalue weighted by Crippen LogP contribution is -2.19. The number of halogens is 1. The first-order valence-electron chi connectivity index (χ1n) is 7.17. The SMILES string of the molecule is CC(C)CNCc1cc(CN(C)c2ccccc2F)on1. The van der Waals surface area contributed by atoms with Crippen molar-refractivity contribution < 1.29 is 8.91 Å². The van der Waals surface area contributed by atoms with Gasteiger partial charge in [-0.05, 0) is 24.6 Å². The van der Waals surface area contributed by atoms with Gasteiger partial charge in [0.15, 0.2) is 5.76 Å². The maximum Gasteiger partial charge on any atom is 0.156 e. The molecule has 2 aromatic rings. The van der Waals surface area contributed by atoms with Crippen LogP contribution in [0.4, 0.5) is 10.1 Å². The summed E-state index contributed by atoms with van der Waals surface area (Å²) >= 11 is 0. The maximum atomic E-state index is 13.7. The molecule has 1 aromatic heterocycles. The maximum absolute atomic E-state index is 13.7. The second-order valence-electron chi connectivity index (χ2n) is 5.62. The Balaban J connectivity index is 1.91. The molecule has 0 bridgehead atoms. The van der Waals surface area contributed by atoms with Crippen LogP contribution in [0.2, 0.25) is 0 Å². The van der Waals surface area contributed by atoms with Crippen LogP contribution in [0.1, 0.15) is 25.3 Å². The molecule has 0 fully saturated rings. The minimum Gasteiger partial charge on any atom is -0.365 e. The summed E-state index contributed by atoms with van der Waals surface area (Å²) in [5.41, 5.74) is 1.42. The number of nitrogens with zero attached hydrogens (tertiary/aromatic N) is 2. The zero-order valence-electron chi connectivity index (χ0n) is 12.8. The van der Waals surface area contributed by atoms with Gasteiger partial charge in [0.25, 0.3) is 0 Å². The molecule has 0 radical (unpaired) electrons. The van der Waals surface area contributed by atoms with Gasteiger partial charge in [-0.15, -0.1) is 0 Å². The topological polar surface area (TPSA) is 41.3 Å². The third-order valence-corrected chi connectivity index (χ3v) is 3.12. The molecule has 0 unspecified atom stereocenters. The molecule has 0 atom stereocenters. The minimum atomic E-state index is -0.238. The van der Waals surface area contributed by atoms with E-state index in [9.17, 15) is 4.39 Å². The largest absolute Gasteiger partial charge is 0.365 e. The highest BCUT2D eigenvalue weighted by atomic mass is 19.1. The lowest BCUT2D eigenvalue weighted by atomic mass is 10.2. The van der Waals surface area contributed by atoms with E-state index >= 15 is 0 Å². The van der Waals surface area contributed by atoms with Gasteiger partial charge >= 0.3 is 0 Å². The Hall–Kier alpha value is -1.88. The van der Waals surface area contributed by atoms with Crippen molar-refractivity contribution in [1.82, 2.24) is 10.5 Å².